The number of nitrogens with zero attached hydrogens (tertiary/aromatic N) is 2. The summed E-state index contributed by atoms with van der Waals surface area (Å²) in [5.74, 6) is -0.0310. The number of rotatable bonds is 5. The van der Waals surface area contributed by atoms with E-state index in [0.717, 1.165) is 31.4 Å². The summed E-state index contributed by atoms with van der Waals surface area (Å²) >= 11 is 0. The summed E-state index contributed by atoms with van der Waals surface area (Å²) < 4.78 is 43.1. The van der Waals surface area contributed by atoms with Crippen LogP contribution < -0.4 is 10.5 Å². The maximum atomic E-state index is 12.6. The maximum absolute atomic E-state index is 12.6. The van der Waals surface area contributed by atoms with Crippen molar-refractivity contribution in [2.75, 3.05) is 6.61 Å². The lowest BCUT2D eigenvalue weighted by molar-refractivity contribution is -0.141. The van der Waals surface area contributed by atoms with Crippen LogP contribution in [0.3, 0.4) is 0 Å². The molecule has 0 atom stereocenters. The normalized spacial score (nSPS) is 16.2. The van der Waals surface area contributed by atoms with Gasteiger partial charge in [-0.3, -0.25) is 0 Å². The molecule has 0 unspecified atom stereocenters. The van der Waals surface area contributed by atoms with Crippen molar-refractivity contribution in [2.24, 2.45) is 16.8 Å². The Hall–Kier alpha value is -1.99. The molecular formula is C12H14F3N3O2. The average Bonchev–Trinajstić information content (AvgIpc) is 3.21. The highest BCUT2D eigenvalue weighted by atomic mass is 19.4. The summed E-state index contributed by atoms with van der Waals surface area (Å²) in [7, 11) is 0. The monoisotopic (exact) mass is 289 g/mol. The van der Waals surface area contributed by atoms with Crippen LogP contribution in [0, 0.1) is 5.92 Å². The van der Waals surface area contributed by atoms with Crippen molar-refractivity contribution in [3.63, 3.8) is 0 Å². The number of amidine groups is 1. The van der Waals surface area contributed by atoms with Gasteiger partial charge in [-0.25, -0.2) is 4.98 Å². The Labute approximate surface area is 113 Å². The third-order valence-corrected chi connectivity index (χ3v) is 3.00. The Balaban J connectivity index is 2.21. The van der Waals surface area contributed by atoms with Crippen LogP contribution in [0.2, 0.25) is 0 Å². The number of alkyl halides is 3. The molecule has 20 heavy (non-hydrogen) atoms. The van der Waals surface area contributed by atoms with Gasteiger partial charge in [-0.05, 0) is 24.5 Å². The lowest BCUT2D eigenvalue weighted by Gasteiger charge is -2.12. The fraction of sp³-hybridized carbons (Fsp3) is 0.500. The first-order chi connectivity index (χ1) is 9.41. The van der Waals surface area contributed by atoms with E-state index in [1.165, 1.54) is 0 Å². The third kappa shape index (κ3) is 3.52. The SMILES string of the molecule is N/C(=N/O)c1ccc(C(F)(F)F)nc1OCCC1CC1. The zero-order chi connectivity index (χ0) is 14.8. The molecule has 8 heteroatoms. The number of pyridine rings is 1. The second kappa shape index (κ2) is 5.56. The van der Waals surface area contributed by atoms with Crippen molar-refractivity contribution in [1.29, 1.82) is 0 Å². The molecule has 1 aliphatic carbocycles. The zero-order valence-electron chi connectivity index (χ0n) is 10.5. The van der Waals surface area contributed by atoms with Crippen LogP contribution in [0.4, 0.5) is 13.2 Å². The first-order valence-corrected chi connectivity index (χ1v) is 6.10. The van der Waals surface area contributed by atoms with E-state index in [4.69, 9.17) is 15.7 Å². The van der Waals surface area contributed by atoms with Gasteiger partial charge in [-0.1, -0.05) is 18.0 Å². The van der Waals surface area contributed by atoms with E-state index in [0.29, 0.717) is 5.92 Å². The van der Waals surface area contributed by atoms with Gasteiger partial charge in [-0.15, -0.1) is 0 Å². The number of aromatic nitrogens is 1. The molecule has 110 valence electrons. The summed E-state index contributed by atoms with van der Waals surface area (Å²) in [6.45, 7) is 0.255. The number of nitrogens with two attached hydrogens (primary N) is 1. The van der Waals surface area contributed by atoms with E-state index in [-0.39, 0.29) is 23.9 Å². The fourth-order valence-corrected chi connectivity index (χ4v) is 1.69. The topological polar surface area (TPSA) is 80.7 Å². The van der Waals surface area contributed by atoms with Gasteiger partial charge in [0, 0.05) is 0 Å². The molecule has 1 aromatic heterocycles. The molecule has 0 spiro atoms. The Morgan fingerprint density at radius 1 is 1.45 bits per heavy atom. The molecule has 0 amide bonds. The van der Waals surface area contributed by atoms with Gasteiger partial charge >= 0.3 is 6.18 Å². The second-order valence-electron chi connectivity index (χ2n) is 4.61. The van der Waals surface area contributed by atoms with Crippen LogP contribution in [0.25, 0.3) is 0 Å². The quantitative estimate of drug-likeness (QED) is 0.377. The van der Waals surface area contributed by atoms with Crippen LogP contribution in [0.5, 0.6) is 5.88 Å². The summed E-state index contributed by atoms with van der Waals surface area (Å²) in [6.07, 6.45) is -1.58. The molecule has 0 aromatic carbocycles. The molecule has 1 aromatic rings. The van der Waals surface area contributed by atoms with Crippen LogP contribution >= 0.6 is 0 Å². The number of ether oxygens (including phenoxy) is 1. The molecule has 3 N–H and O–H groups in total. The Morgan fingerprint density at radius 3 is 2.70 bits per heavy atom. The first-order valence-electron chi connectivity index (χ1n) is 6.10. The molecule has 0 saturated heterocycles. The highest BCUT2D eigenvalue weighted by Crippen LogP contribution is 2.33. The van der Waals surface area contributed by atoms with Crippen molar-refractivity contribution in [1.82, 2.24) is 4.98 Å². The van der Waals surface area contributed by atoms with E-state index < -0.39 is 11.9 Å². The van der Waals surface area contributed by atoms with Crippen LogP contribution in [0.15, 0.2) is 17.3 Å². The van der Waals surface area contributed by atoms with Gasteiger partial charge in [-0.2, -0.15) is 13.2 Å². The predicted octanol–water partition coefficient (Wildman–Crippen LogP) is 2.37. The van der Waals surface area contributed by atoms with E-state index in [1.807, 2.05) is 0 Å². The van der Waals surface area contributed by atoms with E-state index >= 15 is 0 Å². The predicted molar refractivity (Wildman–Crippen MR) is 64.6 cm³/mol. The van der Waals surface area contributed by atoms with Crippen LogP contribution in [-0.4, -0.2) is 22.6 Å². The Kier molecular flexibility index (Phi) is 4.01. The summed E-state index contributed by atoms with van der Waals surface area (Å²) in [4.78, 5) is 3.41. The lowest BCUT2D eigenvalue weighted by atomic mass is 10.2. The van der Waals surface area contributed by atoms with Gasteiger partial charge in [0.15, 0.2) is 5.84 Å². The lowest BCUT2D eigenvalue weighted by Crippen LogP contribution is -2.18. The van der Waals surface area contributed by atoms with Crippen LogP contribution in [-0.2, 0) is 6.18 Å². The minimum Gasteiger partial charge on any atom is -0.477 e. The van der Waals surface area contributed by atoms with Gasteiger partial charge in [0.1, 0.15) is 5.69 Å². The molecule has 5 nitrogen and oxygen atoms in total. The number of hydrogen-bond donors (Lipinski definition) is 2. The third-order valence-electron chi connectivity index (χ3n) is 3.00. The minimum atomic E-state index is -4.57. The van der Waals surface area contributed by atoms with Gasteiger partial charge in [0.05, 0.1) is 12.2 Å². The van der Waals surface area contributed by atoms with E-state index in [9.17, 15) is 13.2 Å². The highest BCUT2D eigenvalue weighted by Gasteiger charge is 2.33. The van der Waals surface area contributed by atoms with E-state index in [1.54, 1.807) is 0 Å². The number of hydrogen-bond acceptors (Lipinski definition) is 4. The Bertz CT molecular complexity index is 513. The van der Waals surface area contributed by atoms with Crippen molar-refractivity contribution >= 4 is 5.84 Å². The molecule has 1 fully saturated rings. The molecule has 1 saturated carbocycles. The number of halogens is 3. The minimum absolute atomic E-state index is 0.0382. The largest absolute Gasteiger partial charge is 0.477 e. The molecule has 0 radical (unpaired) electrons. The van der Waals surface area contributed by atoms with Crippen molar-refractivity contribution in [3.8, 4) is 5.88 Å². The number of oxime groups is 1. The maximum Gasteiger partial charge on any atom is 0.433 e. The molecule has 0 aliphatic heterocycles. The summed E-state index contributed by atoms with van der Waals surface area (Å²) in [6, 6.07) is 1.85. The van der Waals surface area contributed by atoms with Crippen molar-refractivity contribution in [2.45, 2.75) is 25.4 Å². The van der Waals surface area contributed by atoms with Crippen LogP contribution in [0.1, 0.15) is 30.5 Å². The first kappa shape index (κ1) is 14.4. The molecule has 1 aliphatic rings. The fourth-order valence-electron chi connectivity index (χ4n) is 1.69. The van der Waals surface area contributed by atoms with Crippen molar-refractivity contribution < 1.29 is 23.1 Å². The van der Waals surface area contributed by atoms with Gasteiger partial charge in [0.25, 0.3) is 0 Å². The molecule has 2 rings (SSSR count). The standard InChI is InChI=1S/C12H14F3N3O2/c13-12(14,15)9-4-3-8(10(16)18-19)11(17-9)20-6-5-7-1-2-7/h3-4,7,19H,1-2,5-6H2,(H2,16,18). The zero-order valence-corrected chi connectivity index (χ0v) is 10.5. The summed E-state index contributed by atoms with van der Waals surface area (Å²) in [5, 5.41) is 11.4. The molecule has 0 bridgehead atoms. The second-order valence-corrected chi connectivity index (χ2v) is 4.61. The van der Waals surface area contributed by atoms with Gasteiger partial charge in [0.2, 0.25) is 5.88 Å². The van der Waals surface area contributed by atoms with Crippen molar-refractivity contribution in [3.05, 3.63) is 23.4 Å². The highest BCUT2D eigenvalue weighted by molar-refractivity contribution is 5.99. The van der Waals surface area contributed by atoms with E-state index in [2.05, 4.69) is 10.1 Å². The average molecular weight is 289 g/mol. The molecular weight excluding hydrogens is 275 g/mol. The summed E-state index contributed by atoms with van der Waals surface area (Å²) in [5.41, 5.74) is 4.36. The smallest absolute Gasteiger partial charge is 0.433 e. The Morgan fingerprint density at radius 2 is 2.15 bits per heavy atom. The van der Waals surface area contributed by atoms with Gasteiger partial charge < -0.3 is 15.7 Å². The molecule has 1 heterocycles.